The molecule has 3 nitrogen and oxygen atoms in total. The maximum atomic E-state index is 8.97. The lowest BCUT2D eigenvalue weighted by Gasteiger charge is -2.21. The zero-order valence-corrected chi connectivity index (χ0v) is 9.20. The highest BCUT2D eigenvalue weighted by Gasteiger charge is 2.07. The molecule has 15 heavy (non-hydrogen) atoms. The van der Waals surface area contributed by atoms with E-state index in [0.717, 1.165) is 23.5 Å². The van der Waals surface area contributed by atoms with Crippen LogP contribution in [0.4, 0.5) is 5.82 Å². The van der Waals surface area contributed by atoms with E-state index in [1.54, 1.807) is 6.20 Å². The molecule has 0 aliphatic heterocycles. The maximum absolute atomic E-state index is 8.97. The molecule has 0 unspecified atom stereocenters. The van der Waals surface area contributed by atoms with Gasteiger partial charge in [0.1, 0.15) is 5.82 Å². The second-order valence-electron chi connectivity index (χ2n) is 3.36. The normalized spacial score (nSPS) is 9.73. The summed E-state index contributed by atoms with van der Waals surface area (Å²) < 4.78 is 0. The molecule has 0 fully saturated rings. The third-order valence-corrected chi connectivity index (χ3v) is 2.25. The van der Waals surface area contributed by atoms with Gasteiger partial charge in [0.2, 0.25) is 0 Å². The standard InChI is InChI=1S/C12H16N2O/c1-4-6-14(5-2)12-10(3)7-11(9-15)8-13-12/h1,7-8,15H,5-6,9H2,2-3H3. The molecule has 0 radical (unpaired) electrons. The van der Waals surface area contributed by atoms with E-state index in [-0.39, 0.29) is 6.61 Å². The predicted octanol–water partition coefficient (Wildman–Crippen LogP) is 1.34. The minimum Gasteiger partial charge on any atom is -0.392 e. The summed E-state index contributed by atoms with van der Waals surface area (Å²) in [6, 6.07) is 1.93. The number of anilines is 1. The second-order valence-corrected chi connectivity index (χ2v) is 3.36. The van der Waals surface area contributed by atoms with Crippen LogP contribution in [0.15, 0.2) is 12.3 Å². The van der Waals surface area contributed by atoms with Gasteiger partial charge in [0.15, 0.2) is 0 Å². The van der Waals surface area contributed by atoms with Crippen molar-refractivity contribution in [2.45, 2.75) is 20.5 Å². The summed E-state index contributed by atoms with van der Waals surface area (Å²) in [6.45, 7) is 5.42. The molecular weight excluding hydrogens is 188 g/mol. The van der Waals surface area contributed by atoms with E-state index in [4.69, 9.17) is 11.5 Å². The lowest BCUT2D eigenvalue weighted by molar-refractivity contribution is 0.281. The molecule has 0 bridgehead atoms. The van der Waals surface area contributed by atoms with E-state index in [1.807, 2.05) is 24.8 Å². The van der Waals surface area contributed by atoms with Gasteiger partial charge in [0, 0.05) is 12.7 Å². The monoisotopic (exact) mass is 204 g/mol. The molecule has 1 heterocycles. The van der Waals surface area contributed by atoms with Crippen LogP contribution in [-0.4, -0.2) is 23.2 Å². The van der Waals surface area contributed by atoms with Gasteiger partial charge in [-0.25, -0.2) is 4.98 Å². The Labute approximate surface area is 90.8 Å². The SMILES string of the molecule is C#CCN(CC)c1ncc(CO)cc1C. The molecule has 0 aliphatic carbocycles. The van der Waals surface area contributed by atoms with Crippen molar-refractivity contribution in [2.75, 3.05) is 18.0 Å². The number of aliphatic hydroxyl groups excluding tert-OH is 1. The largest absolute Gasteiger partial charge is 0.392 e. The maximum Gasteiger partial charge on any atom is 0.132 e. The lowest BCUT2D eigenvalue weighted by atomic mass is 10.2. The fraction of sp³-hybridized carbons (Fsp3) is 0.417. The van der Waals surface area contributed by atoms with Crippen molar-refractivity contribution in [3.63, 3.8) is 0 Å². The smallest absolute Gasteiger partial charge is 0.132 e. The zero-order chi connectivity index (χ0) is 11.3. The zero-order valence-electron chi connectivity index (χ0n) is 9.20. The summed E-state index contributed by atoms with van der Waals surface area (Å²) in [5.41, 5.74) is 1.87. The van der Waals surface area contributed by atoms with Crippen LogP contribution in [0, 0.1) is 19.3 Å². The average molecular weight is 204 g/mol. The van der Waals surface area contributed by atoms with Crippen LogP contribution in [0.5, 0.6) is 0 Å². The topological polar surface area (TPSA) is 36.4 Å². The van der Waals surface area contributed by atoms with Crippen molar-refractivity contribution in [3.8, 4) is 12.3 Å². The van der Waals surface area contributed by atoms with Crippen LogP contribution in [0.3, 0.4) is 0 Å². The Morgan fingerprint density at radius 2 is 2.33 bits per heavy atom. The van der Waals surface area contributed by atoms with Crippen LogP contribution in [0.25, 0.3) is 0 Å². The molecule has 1 N–H and O–H groups in total. The highest BCUT2D eigenvalue weighted by atomic mass is 16.3. The Kier molecular flexibility index (Phi) is 4.14. The number of aliphatic hydroxyl groups is 1. The molecular formula is C12H16N2O. The van der Waals surface area contributed by atoms with E-state index in [2.05, 4.69) is 10.9 Å². The van der Waals surface area contributed by atoms with E-state index in [9.17, 15) is 0 Å². The Bertz CT molecular complexity index is 368. The third kappa shape index (κ3) is 2.71. The van der Waals surface area contributed by atoms with Crippen LogP contribution in [-0.2, 0) is 6.61 Å². The van der Waals surface area contributed by atoms with Gasteiger partial charge in [0.05, 0.1) is 13.2 Å². The van der Waals surface area contributed by atoms with Gasteiger partial charge in [0.25, 0.3) is 0 Å². The molecule has 0 saturated carbocycles. The Morgan fingerprint density at radius 1 is 1.60 bits per heavy atom. The highest BCUT2D eigenvalue weighted by Crippen LogP contribution is 2.17. The molecule has 1 aromatic rings. The van der Waals surface area contributed by atoms with Crippen molar-refractivity contribution in [3.05, 3.63) is 23.4 Å². The molecule has 0 aliphatic rings. The number of aromatic nitrogens is 1. The van der Waals surface area contributed by atoms with Gasteiger partial charge in [-0.2, -0.15) is 0 Å². The lowest BCUT2D eigenvalue weighted by Crippen LogP contribution is -2.24. The van der Waals surface area contributed by atoms with Gasteiger partial charge in [-0.3, -0.25) is 0 Å². The summed E-state index contributed by atoms with van der Waals surface area (Å²) in [5.74, 6) is 3.51. The van der Waals surface area contributed by atoms with E-state index in [0.29, 0.717) is 6.54 Å². The van der Waals surface area contributed by atoms with Gasteiger partial charge in [-0.15, -0.1) is 6.42 Å². The Hall–Kier alpha value is -1.53. The molecule has 1 rings (SSSR count). The van der Waals surface area contributed by atoms with Crippen LogP contribution >= 0.6 is 0 Å². The van der Waals surface area contributed by atoms with Crippen LogP contribution in [0.2, 0.25) is 0 Å². The first-order chi connectivity index (χ1) is 7.22. The molecule has 1 aromatic heterocycles. The van der Waals surface area contributed by atoms with Crippen LogP contribution in [0.1, 0.15) is 18.1 Å². The molecule has 3 heteroatoms. The molecule has 0 amide bonds. The average Bonchev–Trinajstić information content (AvgIpc) is 2.26. The van der Waals surface area contributed by atoms with E-state index in [1.165, 1.54) is 0 Å². The summed E-state index contributed by atoms with van der Waals surface area (Å²) in [6.07, 6.45) is 6.97. The fourth-order valence-corrected chi connectivity index (χ4v) is 1.49. The molecule has 0 saturated heterocycles. The van der Waals surface area contributed by atoms with Crippen molar-refractivity contribution < 1.29 is 5.11 Å². The minimum atomic E-state index is 0.0232. The number of aryl methyl sites for hydroxylation is 1. The number of pyridine rings is 1. The molecule has 0 spiro atoms. The van der Waals surface area contributed by atoms with E-state index >= 15 is 0 Å². The molecule has 0 aromatic carbocycles. The Balaban J connectivity index is 2.98. The van der Waals surface area contributed by atoms with Gasteiger partial charge < -0.3 is 10.0 Å². The van der Waals surface area contributed by atoms with Crippen molar-refractivity contribution in [2.24, 2.45) is 0 Å². The first-order valence-corrected chi connectivity index (χ1v) is 4.97. The van der Waals surface area contributed by atoms with Crippen LogP contribution < -0.4 is 4.90 Å². The first kappa shape index (κ1) is 11.5. The van der Waals surface area contributed by atoms with Gasteiger partial charge in [-0.1, -0.05) is 5.92 Å². The van der Waals surface area contributed by atoms with Crippen molar-refractivity contribution in [1.29, 1.82) is 0 Å². The summed E-state index contributed by atoms with van der Waals surface area (Å²) >= 11 is 0. The van der Waals surface area contributed by atoms with Crippen molar-refractivity contribution in [1.82, 2.24) is 4.98 Å². The van der Waals surface area contributed by atoms with Gasteiger partial charge in [-0.05, 0) is 31.0 Å². The molecule has 80 valence electrons. The quantitative estimate of drug-likeness (QED) is 0.752. The van der Waals surface area contributed by atoms with Crippen molar-refractivity contribution >= 4 is 5.82 Å². The fourth-order valence-electron chi connectivity index (χ4n) is 1.49. The molecule has 0 atom stereocenters. The third-order valence-electron chi connectivity index (χ3n) is 2.25. The number of rotatable bonds is 4. The number of nitrogens with zero attached hydrogens (tertiary/aromatic N) is 2. The predicted molar refractivity (Wildman–Crippen MR) is 61.6 cm³/mol. The highest BCUT2D eigenvalue weighted by molar-refractivity contribution is 5.48. The number of hydrogen-bond donors (Lipinski definition) is 1. The summed E-state index contributed by atoms with van der Waals surface area (Å²) in [4.78, 5) is 6.33. The Morgan fingerprint density at radius 3 is 2.80 bits per heavy atom. The second kappa shape index (κ2) is 5.38. The van der Waals surface area contributed by atoms with E-state index < -0.39 is 0 Å². The van der Waals surface area contributed by atoms with Gasteiger partial charge >= 0.3 is 0 Å². The first-order valence-electron chi connectivity index (χ1n) is 4.97. The summed E-state index contributed by atoms with van der Waals surface area (Å²) in [5, 5.41) is 8.97. The number of hydrogen-bond acceptors (Lipinski definition) is 3. The number of terminal acetylenes is 1. The minimum absolute atomic E-state index is 0.0232. The summed E-state index contributed by atoms with van der Waals surface area (Å²) in [7, 11) is 0.